The van der Waals surface area contributed by atoms with Gasteiger partial charge in [-0.25, -0.2) is 0 Å². The zero-order valence-electron chi connectivity index (χ0n) is 12.3. The van der Waals surface area contributed by atoms with E-state index >= 15 is 0 Å². The third-order valence-corrected chi connectivity index (χ3v) is 4.46. The van der Waals surface area contributed by atoms with Gasteiger partial charge in [-0.3, -0.25) is 9.48 Å². The SMILES string of the molecule is COc1cc(Cn2ncc3c(Br)cccc32)c(C)cc1C=O. The van der Waals surface area contributed by atoms with Crippen molar-refractivity contribution in [2.24, 2.45) is 0 Å². The van der Waals surface area contributed by atoms with E-state index in [1.165, 1.54) is 0 Å². The lowest BCUT2D eigenvalue weighted by molar-refractivity contribution is 0.112. The summed E-state index contributed by atoms with van der Waals surface area (Å²) in [5.41, 5.74) is 3.75. The van der Waals surface area contributed by atoms with Gasteiger partial charge in [0.05, 0.1) is 30.9 Å². The van der Waals surface area contributed by atoms with Crippen molar-refractivity contribution in [2.75, 3.05) is 7.11 Å². The standard InChI is InChI=1S/C17H15BrN2O2/c1-11-6-13(10-21)17(22-2)7-12(11)9-20-16-5-3-4-15(18)14(16)8-19-20/h3-8,10H,9H2,1-2H3. The second-order valence-electron chi connectivity index (χ2n) is 5.11. The Bertz CT molecular complexity index is 855. The lowest BCUT2D eigenvalue weighted by Gasteiger charge is -2.11. The van der Waals surface area contributed by atoms with Gasteiger partial charge in [0.15, 0.2) is 6.29 Å². The van der Waals surface area contributed by atoms with Gasteiger partial charge in [0, 0.05) is 9.86 Å². The lowest BCUT2D eigenvalue weighted by Crippen LogP contribution is -2.04. The minimum atomic E-state index is 0.566. The first-order chi connectivity index (χ1) is 10.6. The topological polar surface area (TPSA) is 44.1 Å². The molecule has 1 aromatic heterocycles. The fraction of sp³-hybridized carbons (Fsp3) is 0.176. The summed E-state index contributed by atoms with van der Waals surface area (Å²) in [6.45, 7) is 2.62. The number of aryl methyl sites for hydroxylation is 1. The van der Waals surface area contributed by atoms with Crippen LogP contribution in [0.1, 0.15) is 21.5 Å². The summed E-state index contributed by atoms with van der Waals surface area (Å²) in [5, 5.41) is 5.55. The number of benzene rings is 2. The Kier molecular flexibility index (Phi) is 3.98. The molecule has 0 spiro atoms. The fourth-order valence-electron chi connectivity index (χ4n) is 2.55. The van der Waals surface area contributed by atoms with Crippen LogP contribution < -0.4 is 4.74 Å². The number of aromatic nitrogens is 2. The van der Waals surface area contributed by atoms with E-state index in [0.717, 1.165) is 32.8 Å². The van der Waals surface area contributed by atoms with Crippen molar-refractivity contribution in [2.45, 2.75) is 13.5 Å². The number of halogens is 1. The maximum absolute atomic E-state index is 11.1. The van der Waals surface area contributed by atoms with Gasteiger partial charge < -0.3 is 4.74 Å². The molecule has 0 bridgehead atoms. The van der Waals surface area contributed by atoms with E-state index in [1.54, 1.807) is 7.11 Å². The Balaban J connectivity index is 2.05. The Labute approximate surface area is 136 Å². The van der Waals surface area contributed by atoms with Gasteiger partial charge in [-0.15, -0.1) is 0 Å². The molecule has 112 valence electrons. The highest BCUT2D eigenvalue weighted by Gasteiger charge is 2.11. The van der Waals surface area contributed by atoms with Crippen molar-refractivity contribution in [3.63, 3.8) is 0 Å². The van der Waals surface area contributed by atoms with Crippen LogP contribution in [0.25, 0.3) is 10.9 Å². The Morgan fingerprint density at radius 3 is 2.91 bits per heavy atom. The number of nitrogens with zero attached hydrogens (tertiary/aromatic N) is 2. The van der Waals surface area contributed by atoms with Gasteiger partial charge in [0.25, 0.3) is 0 Å². The van der Waals surface area contributed by atoms with Crippen molar-refractivity contribution in [1.82, 2.24) is 9.78 Å². The molecule has 0 amide bonds. The van der Waals surface area contributed by atoms with E-state index in [9.17, 15) is 4.79 Å². The number of hydrogen-bond donors (Lipinski definition) is 0. The molecule has 3 rings (SSSR count). The number of carbonyl (C=O) groups excluding carboxylic acids is 1. The zero-order chi connectivity index (χ0) is 15.7. The molecule has 2 aromatic carbocycles. The molecule has 0 aliphatic rings. The average Bonchev–Trinajstić information content (AvgIpc) is 2.93. The van der Waals surface area contributed by atoms with E-state index < -0.39 is 0 Å². The van der Waals surface area contributed by atoms with Crippen LogP contribution in [0.2, 0.25) is 0 Å². The van der Waals surface area contributed by atoms with E-state index in [2.05, 4.69) is 21.0 Å². The molecule has 0 atom stereocenters. The molecule has 0 N–H and O–H groups in total. The van der Waals surface area contributed by atoms with Gasteiger partial charge in [0.2, 0.25) is 0 Å². The molecular weight excluding hydrogens is 344 g/mol. The highest BCUT2D eigenvalue weighted by molar-refractivity contribution is 9.10. The first-order valence-electron chi connectivity index (χ1n) is 6.86. The van der Waals surface area contributed by atoms with Gasteiger partial charge in [0.1, 0.15) is 5.75 Å². The predicted octanol–water partition coefficient (Wildman–Crippen LogP) is 3.98. The van der Waals surface area contributed by atoms with E-state index in [4.69, 9.17) is 4.74 Å². The van der Waals surface area contributed by atoms with Crippen molar-refractivity contribution in [3.8, 4) is 5.75 Å². The number of carbonyl (C=O) groups is 1. The third kappa shape index (κ3) is 2.52. The molecule has 22 heavy (non-hydrogen) atoms. The molecule has 0 radical (unpaired) electrons. The third-order valence-electron chi connectivity index (χ3n) is 3.77. The Hall–Kier alpha value is -2.14. The molecule has 0 saturated carbocycles. The second-order valence-corrected chi connectivity index (χ2v) is 5.97. The first-order valence-corrected chi connectivity index (χ1v) is 7.66. The summed E-state index contributed by atoms with van der Waals surface area (Å²) < 4.78 is 8.27. The lowest BCUT2D eigenvalue weighted by atomic mass is 10.0. The Morgan fingerprint density at radius 2 is 2.18 bits per heavy atom. The van der Waals surface area contributed by atoms with Crippen molar-refractivity contribution >= 4 is 33.1 Å². The highest BCUT2D eigenvalue weighted by Crippen LogP contribution is 2.26. The van der Waals surface area contributed by atoms with Crippen LogP contribution in [-0.4, -0.2) is 23.2 Å². The zero-order valence-corrected chi connectivity index (χ0v) is 13.9. The van der Waals surface area contributed by atoms with Crippen molar-refractivity contribution < 1.29 is 9.53 Å². The average molecular weight is 359 g/mol. The maximum Gasteiger partial charge on any atom is 0.153 e. The minimum absolute atomic E-state index is 0.566. The minimum Gasteiger partial charge on any atom is -0.496 e. The number of hydrogen-bond acceptors (Lipinski definition) is 3. The van der Waals surface area contributed by atoms with E-state index in [1.807, 2.05) is 48.1 Å². The number of methoxy groups -OCH3 is 1. The smallest absolute Gasteiger partial charge is 0.153 e. The predicted molar refractivity (Wildman–Crippen MR) is 89.7 cm³/mol. The van der Waals surface area contributed by atoms with Gasteiger partial charge >= 0.3 is 0 Å². The number of ether oxygens (including phenoxy) is 1. The summed E-state index contributed by atoms with van der Waals surface area (Å²) >= 11 is 3.54. The molecule has 0 aliphatic heterocycles. The number of aldehydes is 1. The number of fused-ring (bicyclic) bond motifs is 1. The van der Waals surface area contributed by atoms with E-state index in [0.29, 0.717) is 17.9 Å². The summed E-state index contributed by atoms with van der Waals surface area (Å²) in [6.07, 6.45) is 2.67. The molecule has 1 heterocycles. The van der Waals surface area contributed by atoms with Crippen LogP contribution in [0.3, 0.4) is 0 Å². The molecule has 3 aromatic rings. The molecule has 0 aliphatic carbocycles. The second kappa shape index (κ2) is 5.93. The monoisotopic (exact) mass is 358 g/mol. The molecule has 0 saturated heterocycles. The van der Waals surface area contributed by atoms with Crippen LogP contribution in [0.15, 0.2) is 41.0 Å². The van der Waals surface area contributed by atoms with Gasteiger partial charge in [-0.05, 0) is 42.3 Å². The highest BCUT2D eigenvalue weighted by atomic mass is 79.9. The largest absolute Gasteiger partial charge is 0.496 e. The molecule has 0 unspecified atom stereocenters. The molecule has 4 nitrogen and oxygen atoms in total. The Morgan fingerprint density at radius 1 is 1.36 bits per heavy atom. The summed E-state index contributed by atoms with van der Waals surface area (Å²) in [5.74, 6) is 0.591. The van der Waals surface area contributed by atoms with E-state index in [-0.39, 0.29) is 0 Å². The van der Waals surface area contributed by atoms with Crippen molar-refractivity contribution in [1.29, 1.82) is 0 Å². The molecular formula is C17H15BrN2O2. The van der Waals surface area contributed by atoms with Crippen LogP contribution in [0.4, 0.5) is 0 Å². The molecule has 0 fully saturated rings. The quantitative estimate of drug-likeness (QED) is 0.662. The number of rotatable bonds is 4. The van der Waals surface area contributed by atoms with Gasteiger partial charge in [-0.2, -0.15) is 5.10 Å². The van der Waals surface area contributed by atoms with Crippen LogP contribution in [0, 0.1) is 6.92 Å². The summed E-state index contributed by atoms with van der Waals surface area (Å²) in [4.78, 5) is 11.1. The normalized spacial score (nSPS) is 10.9. The van der Waals surface area contributed by atoms with Crippen LogP contribution in [-0.2, 0) is 6.54 Å². The van der Waals surface area contributed by atoms with Crippen LogP contribution >= 0.6 is 15.9 Å². The maximum atomic E-state index is 11.1. The van der Waals surface area contributed by atoms with Crippen LogP contribution in [0.5, 0.6) is 5.75 Å². The summed E-state index contributed by atoms with van der Waals surface area (Å²) in [6, 6.07) is 9.79. The first kappa shape index (κ1) is 14.8. The fourth-order valence-corrected chi connectivity index (χ4v) is 3.01. The van der Waals surface area contributed by atoms with Gasteiger partial charge in [-0.1, -0.05) is 22.0 Å². The molecule has 5 heteroatoms. The van der Waals surface area contributed by atoms with Crippen molar-refractivity contribution in [3.05, 3.63) is 57.7 Å². The summed E-state index contributed by atoms with van der Waals surface area (Å²) in [7, 11) is 1.57.